The van der Waals surface area contributed by atoms with Crippen molar-refractivity contribution in [1.29, 1.82) is 0 Å². The first-order valence-electron chi connectivity index (χ1n) is 2.27. The van der Waals surface area contributed by atoms with Crippen LogP contribution in [0.4, 0.5) is 0 Å². The van der Waals surface area contributed by atoms with Gasteiger partial charge in [0.2, 0.25) is 0 Å². The predicted octanol–water partition coefficient (Wildman–Crippen LogP) is 2.73. The Balaban J connectivity index is 4.05. The van der Waals surface area contributed by atoms with Crippen molar-refractivity contribution >= 4 is 45.2 Å². The monoisotopic (exact) mass is 347 g/mol. The third-order valence-corrected chi connectivity index (χ3v) is 1.54. The number of rotatable bonds is 2. The van der Waals surface area contributed by atoms with Crippen LogP contribution in [0.5, 0.6) is 0 Å². The summed E-state index contributed by atoms with van der Waals surface area (Å²) in [4.78, 5) is 0. The fraction of sp³-hybridized carbons (Fsp3) is 0. The lowest BCUT2D eigenvalue weighted by molar-refractivity contribution is 1.58. The molecule has 0 aromatic carbocycles. The first kappa shape index (κ1) is 9.48. The Kier molecular flexibility index (Phi) is 5.56. The Labute approximate surface area is 82.4 Å². The molecule has 0 saturated carbocycles. The molecule has 0 aliphatic heterocycles. The molecule has 0 aromatic heterocycles. The van der Waals surface area contributed by atoms with Crippen LogP contribution in [-0.2, 0) is 0 Å². The molecule has 2 N–H and O–H groups in total. The molecule has 0 aliphatic rings. The van der Waals surface area contributed by atoms with Crippen molar-refractivity contribution in [3.63, 3.8) is 0 Å². The highest BCUT2D eigenvalue weighted by molar-refractivity contribution is 14.1. The maximum atomic E-state index is 5.39. The van der Waals surface area contributed by atoms with E-state index in [0.29, 0.717) is 0 Å². The Morgan fingerprint density at radius 3 is 2.33 bits per heavy atom. The summed E-state index contributed by atoms with van der Waals surface area (Å²) >= 11 is 4.24. The molecule has 0 rings (SSSR count). The summed E-state index contributed by atoms with van der Waals surface area (Å²) in [6.45, 7) is 3.55. The summed E-state index contributed by atoms with van der Waals surface area (Å²) in [5.41, 5.74) is 5.39. The van der Waals surface area contributed by atoms with Gasteiger partial charge in [0.25, 0.3) is 0 Å². The van der Waals surface area contributed by atoms with Crippen LogP contribution < -0.4 is 5.73 Å². The van der Waals surface area contributed by atoms with Crippen LogP contribution in [0.2, 0.25) is 0 Å². The lowest BCUT2D eigenvalue weighted by Gasteiger charge is -1.86. The second kappa shape index (κ2) is 5.28. The van der Waals surface area contributed by atoms with E-state index in [1.165, 1.54) is 0 Å². The average molecular weight is 347 g/mol. The van der Waals surface area contributed by atoms with Gasteiger partial charge >= 0.3 is 0 Å². The topological polar surface area (TPSA) is 26.0 Å². The normalized spacial score (nSPS) is 13.6. The van der Waals surface area contributed by atoms with Crippen molar-refractivity contribution in [3.8, 4) is 0 Å². The zero-order valence-electron chi connectivity index (χ0n) is 4.77. The third kappa shape index (κ3) is 6.36. The van der Waals surface area contributed by atoms with Crippen molar-refractivity contribution in [2.75, 3.05) is 0 Å². The van der Waals surface area contributed by atoms with E-state index in [2.05, 4.69) is 51.8 Å². The summed E-state index contributed by atoms with van der Waals surface area (Å²) in [5, 5.41) is 0. The van der Waals surface area contributed by atoms with E-state index in [1.54, 1.807) is 6.08 Å². The van der Waals surface area contributed by atoms with E-state index < -0.39 is 0 Å². The summed E-state index contributed by atoms with van der Waals surface area (Å²) in [6, 6.07) is 0. The molecule has 0 spiro atoms. The summed E-state index contributed by atoms with van der Waals surface area (Å²) in [7, 11) is 0. The molecule has 0 unspecified atom stereocenters. The molecule has 0 aromatic rings. The maximum absolute atomic E-state index is 5.39. The van der Waals surface area contributed by atoms with Crippen molar-refractivity contribution in [2.45, 2.75) is 0 Å². The van der Waals surface area contributed by atoms with E-state index >= 15 is 0 Å². The van der Waals surface area contributed by atoms with Gasteiger partial charge in [0.1, 0.15) is 0 Å². The molecule has 0 amide bonds. The minimum absolute atomic E-state index is 0.787. The van der Waals surface area contributed by atoms with E-state index in [4.69, 9.17) is 5.73 Å². The van der Waals surface area contributed by atoms with Gasteiger partial charge in [-0.25, -0.2) is 0 Å². The lowest BCUT2D eigenvalue weighted by Crippen LogP contribution is -1.84. The van der Waals surface area contributed by atoms with Gasteiger partial charge < -0.3 is 5.73 Å². The van der Waals surface area contributed by atoms with Gasteiger partial charge in [-0.05, 0) is 57.3 Å². The fourth-order valence-electron chi connectivity index (χ4n) is 0.292. The Hall–Kier alpha value is 0.480. The largest absolute Gasteiger partial charge is 0.394 e. The van der Waals surface area contributed by atoms with Gasteiger partial charge in [-0.1, -0.05) is 12.7 Å². The molecular weight excluding hydrogens is 340 g/mol. The highest BCUT2D eigenvalue weighted by Crippen LogP contribution is 2.11. The van der Waals surface area contributed by atoms with Gasteiger partial charge in [-0.3, -0.25) is 0 Å². The summed E-state index contributed by atoms with van der Waals surface area (Å²) in [6.07, 6.45) is 5.51. The molecule has 0 fully saturated rings. The van der Waals surface area contributed by atoms with Crippen LogP contribution in [0.15, 0.2) is 32.1 Å². The molecule has 0 aliphatic carbocycles. The van der Waals surface area contributed by atoms with Crippen LogP contribution in [0.25, 0.3) is 0 Å². The minimum atomic E-state index is 0.787. The van der Waals surface area contributed by atoms with Crippen molar-refractivity contribution in [1.82, 2.24) is 0 Å². The first-order valence-corrected chi connectivity index (χ1v) is 4.43. The second-order valence-electron chi connectivity index (χ2n) is 1.32. The van der Waals surface area contributed by atoms with Gasteiger partial charge in [0, 0.05) is 3.58 Å². The smallest absolute Gasteiger partial charge is 0.0716 e. The molecule has 0 heterocycles. The lowest BCUT2D eigenvalue weighted by atomic mass is 10.5. The van der Waals surface area contributed by atoms with Crippen molar-refractivity contribution in [2.24, 2.45) is 5.73 Å². The maximum Gasteiger partial charge on any atom is 0.0716 e. The van der Waals surface area contributed by atoms with Crippen molar-refractivity contribution < 1.29 is 0 Å². The fourth-order valence-corrected chi connectivity index (χ4v) is 1.81. The SMILES string of the molecule is C=C/C=C(I)\C=C(/N)I. The highest BCUT2D eigenvalue weighted by Gasteiger charge is 1.82. The molecule has 0 radical (unpaired) electrons. The van der Waals surface area contributed by atoms with Gasteiger partial charge in [-0.15, -0.1) is 0 Å². The van der Waals surface area contributed by atoms with Gasteiger partial charge in [-0.2, -0.15) is 0 Å². The van der Waals surface area contributed by atoms with E-state index in [1.807, 2.05) is 12.2 Å². The quantitative estimate of drug-likeness (QED) is 0.464. The Morgan fingerprint density at radius 1 is 1.44 bits per heavy atom. The van der Waals surface area contributed by atoms with Crippen LogP contribution in [0.1, 0.15) is 0 Å². The molecule has 0 bridgehead atoms. The molecule has 0 atom stereocenters. The van der Waals surface area contributed by atoms with Crippen molar-refractivity contribution in [3.05, 3.63) is 32.1 Å². The molecule has 3 heteroatoms. The number of nitrogens with two attached hydrogens (primary N) is 1. The van der Waals surface area contributed by atoms with E-state index in [9.17, 15) is 0 Å². The molecular formula is C6H7I2N. The summed E-state index contributed by atoms with van der Waals surface area (Å²) < 4.78 is 1.88. The molecule has 0 saturated heterocycles. The molecule has 9 heavy (non-hydrogen) atoms. The highest BCUT2D eigenvalue weighted by atomic mass is 127. The van der Waals surface area contributed by atoms with Crippen LogP contribution >= 0.6 is 45.2 Å². The second-order valence-corrected chi connectivity index (χ2v) is 3.81. The average Bonchev–Trinajstić information content (AvgIpc) is 1.63. The van der Waals surface area contributed by atoms with Gasteiger partial charge in [0.15, 0.2) is 0 Å². The first-order chi connectivity index (χ1) is 4.16. The molecule has 50 valence electrons. The van der Waals surface area contributed by atoms with Crippen LogP contribution in [0, 0.1) is 0 Å². The Bertz CT molecular complexity index is 154. The number of allylic oxidation sites excluding steroid dienone is 4. The minimum Gasteiger partial charge on any atom is -0.394 e. The predicted molar refractivity (Wildman–Crippen MR) is 58.6 cm³/mol. The van der Waals surface area contributed by atoms with E-state index in [-0.39, 0.29) is 0 Å². The van der Waals surface area contributed by atoms with Gasteiger partial charge in [0.05, 0.1) is 3.70 Å². The zero-order valence-corrected chi connectivity index (χ0v) is 9.09. The zero-order chi connectivity index (χ0) is 7.28. The standard InChI is InChI=1S/C6H7I2N/c1-2-3-5(7)4-6(8)9/h2-4H,1,9H2/b5-3+,6-4-. The number of halogens is 2. The third-order valence-electron chi connectivity index (χ3n) is 0.553. The summed E-state index contributed by atoms with van der Waals surface area (Å²) in [5.74, 6) is 0. The molecule has 1 nitrogen and oxygen atoms in total. The van der Waals surface area contributed by atoms with E-state index in [0.717, 1.165) is 7.28 Å². The number of hydrogen-bond acceptors (Lipinski definition) is 1. The van der Waals surface area contributed by atoms with Crippen LogP contribution in [-0.4, -0.2) is 0 Å². The Morgan fingerprint density at radius 2 is 2.00 bits per heavy atom. The van der Waals surface area contributed by atoms with Crippen LogP contribution in [0.3, 0.4) is 0 Å². The number of hydrogen-bond donors (Lipinski definition) is 1.